The molecule has 0 aromatic heterocycles. The van der Waals surface area contributed by atoms with Crippen molar-refractivity contribution in [2.45, 2.75) is 45.7 Å². The first-order chi connectivity index (χ1) is 8.59. The van der Waals surface area contributed by atoms with Crippen molar-refractivity contribution in [2.75, 3.05) is 32.7 Å². The highest BCUT2D eigenvalue weighted by Crippen LogP contribution is 2.21. The second kappa shape index (κ2) is 6.02. The predicted octanol–water partition coefficient (Wildman–Crippen LogP) is 0.927. The molecule has 0 spiro atoms. The first kappa shape index (κ1) is 13.8. The van der Waals surface area contributed by atoms with Crippen LogP contribution in [0.2, 0.25) is 0 Å². The summed E-state index contributed by atoms with van der Waals surface area (Å²) in [5.41, 5.74) is 0. The standard InChI is InChI=1S/C14H27N3O/c1-11(2)17-7-4-5-13(17)10-16-8-6-15-9-12(3)14(16)18/h11-13,15H,4-10H2,1-3H3. The fourth-order valence-electron chi connectivity index (χ4n) is 3.21. The van der Waals surface area contributed by atoms with Crippen LogP contribution in [0, 0.1) is 5.92 Å². The highest BCUT2D eigenvalue weighted by Gasteiger charge is 2.31. The summed E-state index contributed by atoms with van der Waals surface area (Å²) in [6.45, 7) is 11.3. The first-order valence-corrected chi connectivity index (χ1v) is 7.35. The van der Waals surface area contributed by atoms with Crippen LogP contribution in [0.25, 0.3) is 0 Å². The molecule has 2 aliphatic heterocycles. The van der Waals surface area contributed by atoms with Crippen LogP contribution in [-0.2, 0) is 4.79 Å². The van der Waals surface area contributed by atoms with E-state index in [1.54, 1.807) is 0 Å². The summed E-state index contributed by atoms with van der Waals surface area (Å²) in [4.78, 5) is 16.9. The van der Waals surface area contributed by atoms with Crippen molar-refractivity contribution in [2.24, 2.45) is 5.92 Å². The van der Waals surface area contributed by atoms with Crippen molar-refractivity contribution in [1.82, 2.24) is 15.1 Å². The van der Waals surface area contributed by atoms with Gasteiger partial charge in [-0.2, -0.15) is 0 Å². The van der Waals surface area contributed by atoms with E-state index in [-0.39, 0.29) is 5.92 Å². The van der Waals surface area contributed by atoms with E-state index >= 15 is 0 Å². The van der Waals surface area contributed by atoms with Gasteiger partial charge in [0.05, 0.1) is 0 Å². The molecule has 2 saturated heterocycles. The quantitative estimate of drug-likeness (QED) is 0.812. The van der Waals surface area contributed by atoms with Crippen LogP contribution in [0.3, 0.4) is 0 Å². The number of likely N-dealkylation sites (tertiary alicyclic amines) is 1. The number of nitrogens with zero attached hydrogens (tertiary/aromatic N) is 2. The number of carbonyl (C=O) groups excluding carboxylic acids is 1. The molecular formula is C14H27N3O. The average molecular weight is 253 g/mol. The molecular weight excluding hydrogens is 226 g/mol. The lowest BCUT2D eigenvalue weighted by Gasteiger charge is -2.33. The minimum atomic E-state index is 0.126. The molecule has 2 atom stereocenters. The second-order valence-corrected chi connectivity index (χ2v) is 6.02. The van der Waals surface area contributed by atoms with Gasteiger partial charge in [-0.15, -0.1) is 0 Å². The topological polar surface area (TPSA) is 35.6 Å². The third kappa shape index (κ3) is 3.04. The molecule has 18 heavy (non-hydrogen) atoms. The van der Waals surface area contributed by atoms with E-state index in [0.29, 0.717) is 18.0 Å². The zero-order valence-corrected chi connectivity index (χ0v) is 12.0. The summed E-state index contributed by atoms with van der Waals surface area (Å²) in [5.74, 6) is 0.456. The molecule has 1 amide bonds. The molecule has 4 heteroatoms. The highest BCUT2D eigenvalue weighted by atomic mass is 16.2. The molecule has 2 rings (SSSR count). The minimum Gasteiger partial charge on any atom is -0.340 e. The zero-order valence-electron chi connectivity index (χ0n) is 12.0. The molecule has 4 nitrogen and oxygen atoms in total. The molecule has 2 unspecified atom stereocenters. The van der Waals surface area contributed by atoms with E-state index in [2.05, 4.69) is 29.0 Å². The number of hydrogen-bond donors (Lipinski definition) is 1. The highest BCUT2D eigenvalue weighted by molar-refractivity contribution is 5.79. The number of hydrogen-bond acceptors (Lipinski definition) is 3. The summed E-state index contributed by atoms with van der Waals surface area (Å²) >= 11 is 0. The summed E-state index contributed by atoms with van der Waals surface area (Å²) in [7, 11) is 0. The van der Waals surface area contributed by atoms with E-state index in [9.17, 15) is 4.79 Å². The van der Waals surface area contributed by atoms with Crippen molar-refractivity contribution in [3.8, 4) is 0 Å². The molecule has 104 valence electrons. The Morgan fingerprint density at radius 2 is 2.17 bits per heavy atom. The molecule has 0 bridgehead atoms. The number of carbonyl (C=O) groups is 1. The van der Waals surface area contributed by atoms with E-state index in [1.165, 1.54) is 19.4 Å². The Balaban J connectivity index is 1.96. The SMILES string of the molecule is CC1CNCCN(CC2CCCN2C(C)C)C1=O. The molecule has 0 aromatic rings. The van der Waals surface area contributed by atoms with Crippen LogP contribution < -0.4 is 5.32 Å². The van der Waals surface area contributed by atoms with Gasteiger partial charge in [-0.05, 0) is 33.2 Å². The van der Waals surface area contributed by atoms with Gasteiger partial charge in [-0.1, -0.05) is 6.92 Å². The van der Waals surface area contributed by atoms with Gasteiger partial charge in [0.2, 0.25) is 5.91 Å². The molecule has 1 N–H and O–H groups in total. The van der Waals surface area contributed by atoms with Crippen LogP contribution in [0.5, 0.6) is 0 Å². The lowest BCUT2D eigenvalue weighted by molar-refractivity contribution is -0.134. The van der Waals surface area contributed by atoms with Gasteiger partial charge in [0.1, 0.15) is 0 Å². The van der Waals surface area contributed by atoms with Crippen LogP contribution >= 0.6 is 0 Å². The normalized spacial score (nSPS) is 31.1. The smallest absolute Gasteiger partial charge is 0.226 e. The van der Waals surface area contributed by atoms with Gasteiger partial charge in [-0.3, -0.25) is 9.69 Å². The monoisotopic (exact) mass is 253 g/mol. The summed E-state index contributed by atoms with van der Waals surface area (Å²) in [6.07, 6.45) is 2.52. The molecule has 2 aliphatic rings. The van der Waals surface area contributed by atoms with E-state index in [1.807, 2.05) is 6.92 Å². The number of amides is 1. The van der Waals surface area contributed by atoms with Crippen LogP contribution in [0.1, 0.15) is 33.6 Å². The molecule has 0 aliphatic carbocycles. The Hall–Kier alpha value is -0.610. The molecule has 2 fully saturated rings. The van der Waals surface area contributed by atoms with Crippen molar-refractivity contribution in [3.63, 3.8) is 0 Å². The van der Waals surface area contributed by atoms with Crippen molar-refractivity contribution in [1.29, 1.82) is 0 Å². The Morgan fingerprint density at radius 1 is 1.39 bits per heavy atom. The van der Waals surface area contributed by atoms with Gasteiger partial charge in [0.15, 0.2) is 0 Å². The summed E-state index contributed by atoms with van der Waals surface area (Å²) in [5, 5.41) is 3.34. The summed E-state index contributed by atoms with van der Waals surface area (Å²) < 4.78 is 0. The maximum Gasteiger partial charge on any atom is 0.226 e. The van der Waals surface area contributed by atoms with Crippen molar-refractivity contribution < 1.29 is 4.79 Å². The lowest BCUT2D eigenvalue weighted by Crippen LogP contribution is -2.46. The van der Waals surface area contributed by atoms with Gasteiger partial charge in [0.25, 0.3) is 0 Å². The first-order valence-electron chi connectivity index (χ1n) is 7.35. The van der Waals surface area contributed by atoms with Gasteiger partial charge in [-0.25, -0.2) is 0 Å². The number of rotatable bonds is 3. The average Bonchev–Trinajstić information content (AvgIpc) is 2.73. The Morgan fingerprint density at radius 3 is 2.89 bits per heavy atom. The molecule has 0 aromatic carbocycles. The van der Waals surface area contributed by atoms with Gasteiger partial charge in [0, 0.05) is 44.2 Å². The molecule has 0 radical (unpaired) electrons. The van der Waals surface area contributed by atoms with Gasteiger partial charge < -0.3 is 10.2 Å². The Labute approximate surface area is 111 Å². The Bertz CT molecular complexity index is 293. The molecule has 0 saturated carbocycles. The van der Waals surface area contributed by atoms with Crippen LogP contribution in [-0.4, -0.2) is 60.5 Å². The third-order valence-electron chi connectivity index (χ3n) is 4.26. The zero-order chi connectivity index (χ0) is 13.1. The predicted molar refractivity (Wildman–Crippen MR) is 73.5 cm³/mol. The largest absolute Gasteiger partial charge is 0.340 e. The van der Waals surface area contributed by atoms with E-state index < -0.39 is 0 Å². The third-order valence-corrected chi connectivity index (χ3v) is 4.26. The lowest BCUT2D eigenvalue weighted by atomic mass is 10.1. The maximum absolute atomic E-state index is 12.3. The molecule has 2 heterocycles. The van der Waals surface area contributed by atoms with Crippen molar-refractivity contribution >= 4 is 5.91 Å². The fourth-order valence-corrected chi connectivity index (χ4v) is 3.21. The minimum absolute atomic E-state index is 0.126. The maximum atomic E-state index is 12.3. The van der Waals surface area contributed by atoms with E-state index in [4.69, 9.17) is 0 Å². The van der Waals surface area contributed by atoms with Crippen LogP contribution in [0.15, 0.2) is 0 Å². The van der Waals surface area contributed by atoms with Crippen LogP contribution in [0.4, 0.5) is 0 Å². The van der Waals surface area contributed by atoms with Gasteiger partial charge >= 0.3 is 0 Å². The van der Waals surface area contributed by atoms with E-state index in [0.717, 1.165) is 26.2 Å². The number of nitrogens with one attached hydrogen (secondary N) is 1. The second-order valence-electron chi connectivity index (χ2n) is 6.02. The van der Waals surface area contributed by atoms with Crippen molar-refractivity contribution in [3.05, 3.63) is 0 Å². The Kier molecular flexibility index (Phi) is 4.62. The fraction of sp³-hybridized carbons (Fsp3) is 0.929. The summed E-state index contributed by atoms with van der Waals surface area (Å²) in [6, 6.07) is 1.16.